The molecular weight excluding hydrogens is 280 g/mol. The molecule has 0 radical (unpaired) electrons. The van der Waals surface area contributed by atoms with E-state index in [-0.39, 0.29) is 0 Å². The molecule has 1 aliphatic rings. The number of aliphatic hydroxyl groups is 1. The van der Waals surface area contributed by atoms with Crippen LogP contribution in [-0.2, 0) is 0 Å². The van der Waals surface area contributed by atoms with Crippen LogP contribution in [0.15, 0.2) is 24.3 Å². The summed E-state index contributed by atoms with van der Waals surface area (Å²) in [5, 5.41) is 13.8. The van der Waals surface area contributed by atoms with Gasteiger partial charge in [0.25, 0.3) is 0 Å². The molecule has 1 aromatic carbocycles. The van der Waals surface area contributed by atoms with Crippen molar-refractivity contribution < 1.29 is 14.6 Å². The Morgan fingerprint density at radius 1 is 1.18 bits per heavy atom. The molecule has 1 aromatic rings. The highest BCUT2D eigenvalue weighted by molar-refractivity contribution is 5.31. The second kappa shape index (κ2) is 7.81. The number of piperazine rings is 1. The summed E-state index contributed by atoms with van der Waals surface area (Å²) in [5.41, 5.74) is -0.641. The van der Waals surface area contributed by atoms with Crippen LogP contribution in [0.1, 0.15) is 20.8 Å². The minimum atomic E-state index is -0.641. The van der Waals surface area contributed by atoms with Crippen molar-refractivity contribution in [3.05, 3.63) is 24.3 Å². The molecule has 0 bridgehead atoms. The highest BCUT2D eigenvalue weighted by atomic mass is 16.5. The second-order valence-electron chi connectivity index (χ2n) is 6.18. The zero-order valence-electron chi connectivity index (χ0n) is 13.8. The predicted molar refractivity (Wildman–Crippen MR) is 87.6 cm³/mol. The Bertz CT molecular complexity index is 442. The van der Waals surface area contributed by atoms with Crippen LogP contribution >= 0.6 is 0 Å². The highest BCUT2D eigenvalue weighted by Gasteiger charge is 2.31. The third-order valence-corrected chi connectivity index (χ3v) is 3.96. The molecule has 2 N–H and O–H groups in total. The van der Waals surface area contributed by atoms with Gasteiger partial charge in [0.1, 0.15) is 23.2 Å². The smallest absolute Gasteiger partial charge is 0.130 e. The quantitative estimate of drug-likeness (QED) is 0.800. The maximum Gasteiger partial charge on any atom is 0.130 e. The van der Waals surface area contributed by atoms with Crippen molar-refractivity contribution in [3.8, 4) is 11.5 Å². The molecule has 0 saturated carbocycles. The Hall–Kier alpha value is -1.30. The molecule has 1 unspecified atom stereocenters. The first-order valence-electron chi connectivity index (χ1n) is 8.04. The van der Waals surface area contributed by atoms with E-state index in [9.17, 15) is 5.11 Å². The van der Waals surface area contributed by atoms with Gasteiger partial charge in [-0.2, -0.15) is 0 Å². The maximum absolute atomic E-state index is 10.5. The van der Waals surface area contributed by atoms with E-state index in [1.54, 1.807) is 0 Å². The summed E-state index contributed by atoms with van der Waals surface area (Å²) < 4.78 is 11.4. The van der Waals surface area contributed by atoms with Crippen LogP contribution in [0.2, 0.25) is 0 Å². The van der Waals surface area contributed by atoms with Crippen molar-refractivity contribution >= 4 is 0 Å². The monoisotopic (exact) mass is 308 g/mol. The minimum absolute atomic E-state index is 0.544. The number of hydrogen-bond acceptors (Lipinski definition) is 5. The van der Waals surface area contributed by atoms with Crippen molar-refractivity contribution in [1.82, 2.24) is 10.2 Å². The van der Waals surface area contributed by atoms with Gasteiger partial charge in [-0.05, 0) is 45.0 Å². The van der Waals surface area contributed by atoms with E-state index in [1.807, 2.05) is 45.0 Å². The Morgan fingerprint density at radius 2 is 1.77 bits per heavy atom. The van der Waals surface area contributed by atoms with E-state index in [0.717, 1.165) is 37.7 Å². The average Bonchev–Trinajstić information content (AvgIpc) is 2.50. The summed E-state index contributed by atoms with van der Waals surface area (Å²) in [7, 11) is 0. The summed E-state index contributed by atoms with van der Waals surface area (Å²) in [6.45, 7) is 11.0. The number of β-amino-alcohol motifs (C(OH)–C–C–N with tert-alkyl or cyclic N) is 1. The highest BCUT2D eigenvalue weighted by Crippen LogP contribution is 2.24. The van der Waals surface area contributed by atoms with Crippen LogP contribution in [-0.4, -0.2) is 61.0 Å². The fraction of sp³-hybridized carbons (Fsp3) is 0.647. The van der Waals surface area contributed by atoms with Crippen molar-refractivity contribution in [2.45, 2.75) is 32.5 Å². The van der Waals surface area contributed by atoms with Crippen LogP contribution in [0.3, 0.4) is 0 Å². The van der Waals surface area contributed by atoms with E-state index >= 15 is 0 Å². The van der Waals surface area contributed by atoms with E-state index in [4.69, 9.17) is 9.47 Å². The standard InChI is InChI=1S/C17H28N2O3/c1-4-21-14-5-7-15(8-6-14)22-17(2,3)16(20)13-19-11-9-18-10-12-19/h5-8,16,18,20H,4,9-13H2,1-3H3. The molecule has 5 heteroatoms. The van der Waals surface area contributed by atoms with Gasteiger partial charge in [-0.3, -0.25) is 4.90 Å². The van der Waals surface area contributed by atoms with Gasteiger partial charge in [0.15, 0.2) is 0 Å². The van der Waals surface area contributed by atoms with Gasteiger partial charge in [0.2, 0.25) is 0 Å². The summed E-state index contributed by atoms with van der Waals surface area (Å²) >= 11 is 0. The Kier molecular flexibility index (Phi) is 6.06. The van der Waals surface area contributed by atoms with Crippen LogP contribution < -0.4 is 14.8 Å². The molecule has 0 aromatic heterocycles. The Morgan fingerprint density at radius 3 is 2.36 bits per heavy atom. The first-order valence-corrected chi connectivity index (χ1v) is 8.04. The molecule has 0 aliphatic carbocycles. The molecule has 0 amide bonds. The topological polar surface area (TPSA) is 54.0 Å². The lowest BCUT2D eigenvalue weighted by Crippen LogP contribution is -2.52. The lowest BCUT2D eigenvalue weighted by Gasteiger charge is -2.36. The summed E-state index contributed by atoms with van der Waals surface area (Å²) in [5.74, 6) is 1.57. The number of hydrogen-bond donors (Lipinski definition) is 2. The van der Waals surface area contributed by atoms with E-state index in [1.165, 1.54) is 0 Å². The number of benzene rings is 1. The molecule has 1 atom stereocenters. The summed E-state index contributed by atoms with van der Waals surface area (Å²) in [6, 6.07) is 7.53. The normalized spacial score (nSPS) is 18.0. The zero-order chi connectivity index (χ0) is 16.0. The zero-order valence-corrected chi connectivity index (χ0v) is 13.8. The lowest BCUT2D eigenvalue weighted by atomic mass is 10.0. The summed E-state index contributed by atoms with van der Waals surface area (Å²) in [6.07, 6.45) is -0.544. The van der Waals surface area contributed by atoms with E-state index < -0.39 is 11.7 Å². The predicted octanol–water partition coefficient (Wildman–Crippen LogP) is 1.51. The van der Waals surface area contributed by atoms with Gasteiger partial charge < -0.3 is 19.9 Å². The molecule has 124 valence electrons. The van der Waals surface area contributed by atoms with Gasteiger partial charge in [-0.15, -0.1) is 0 Å². The Labute approximate surface area is 133 Å². The van der Waals surface area contributed by atoms with Gasteiger partial charge >= 0.3 is 0 Å². The van der Waals surface area contributed by atoms with Crippen molar-refractivity contribution in [3.63, 3.8) is 0 Å². The number of aliphatic hydroxyl groups excluding tert-OH is 1. The average molecular weight is 308 g/mol. The van der Waals surface area contributed by atoms with Crippen LogP contribution in [0.5, 0.6) is 11.5 Å². The van der Waals surface area contributed by atoms with Crippen LogP contribution in [0.25, 0.3) is 0 Å². The van der Waals surface area contributed by atoms with Crippen LogP contribution in [0.4, 0.5) is 0 Å². The SMILES string of the molecule is CCOc1ccc(OC(C)(C)C(O)CN2CCNCC2)cc1. The molecular formula is C17H28N2O3. The van der Waals surface area contributed by atoms with Crippen molar-refractivity contribution in [2.24, 2.45) is 0 Å². The molecule has 1 aliphatic heterocycles. The van der Waals surface area contributed by atoms with Crippen molar-refractivity contribution in [1.29, 1.82) is 0 Å². The fourth-order valence-electron chi connectivity index (χ4n) is 2.50. The van der Waals surface area contributed by atoms with Crippen molar-refractivity contribution in [2.75, 3.05) is 39.3 Å². The number of nitrogens with zero attached hydrogens (tertiary/aromatic N) is 1. The molecule has 1 saturated heterocycles. The number of nitrogens with one attached hydrogen (secondary N) is 1. The molecule has 22 heavy (non-hydrogen) atoms. The molecule has 5 nitrogen and oxygen atoms in total. The first kappa shape index (κ1) is 17.1. The van der Waals surface area contributed by atoms with E-state index in [2.05, 4.69) is 10.2 Å². The second-order valence-corrected chi connectivity index (χ2v) is 6.18. The third-order valence-electron chi connectivity index (χ3n) is 3.96. The van der Waals surface area contributed by atoms with E-state index in [0.29, 0.717) is 13.2 Å². The Balaban J connectivity index is 1.90. The molecule has 1 fully saturated rings. The number of rotatable bonds is 7. The fourth-order valence-corrected chi connectivity index (χ4v) is 2.50. The molecule has 1 heterocycles. The largest absolute Gasteiger partial charge is 0.494 e. The third kappa shape index (κ3) is 4.87. The maximum atomic E-state index is 10.5. The van der Waals surface area contributed by atoms with Crippen LogP contribution in [0, 0.1) is 0 Å². The van der Waals surface area contributed by atoms with Gasteiger partial charge in [0.05, 0.1) is 6.61 Å². The number of ether oxygens (including phenoxy) is 2. The lowest BCUT2D eigenvalue weighted by molar-refractivity contribution is -0.0456. The van der Waals surface area contributed by atoms with Gasteiger partial charge in [0, 0.05) is 32.7 Å². The van der Waals surface area contributed by atoms with Gasteiger partial charge in [-0.1, -0.05) is 0 Å². The van der Waals surface area contributed by atoms with Gasteiger partial charge in [-0.25, -0.2) is 0 Å². The molecule has 0 spiro atoms. The molecule has 2 rings (SSSR count). The minimum Gasteiger partial charge on any atom is -0.494 e. The summed E-state index contributed by atoms with van der Waals surface area (Å²) in [4.78, 5) is 2.27. The first-order chi connectivity index (χ1) is 10.5.